The summed E-state index contributed by atoms with van der Waals surface area (Å²) in [6.07, 6.45) is 2.32. The number of aryl methyl sites for hydroxylation is 4. The molecule has 0 heterocycles. The molecule has 3 nitrogen and oxygen atoms in total. The summed E-state index contributed by atoms with van der Waals surface area (Å²) in [5.74, 6) is 0.949. The summed E-state index contributed by atoms with van der Waals surface area (Å²) < 4.78 is 5.72. The average molecular weight is 325 g/mol. The maximum atomic E-state index is 11.9. The Morgan fingerprint density at radius 1 is 1.04 bits per heavy atom. The van der Waals surface area contributed by atoms with Gasteiger partial charge in [0.2, 0.25) is 5.91 Å². The minimum atomic E-state index is 0.0683. The van der Waals surface area contributed by atoms with E-state index in [9.17, 15) is 4.79 Å². The lowest BCUT2D eigenvalue weighted by Gasteiger charge is -2.10. The van der Waals surface area contributed by atoms with Gasteiger partial charge in [-0.15, -0.1) is 0 Å². The van der Waals surface area contributed by atoms with Crippen molar-refractivity contribution in [2.45, 2.75) is 40.0 Å². The Morgan fingerprint density at radius 2 is 1.75 bits per heavy atom. The lowest BCUT2D eigenvalue weighted by atomic mass is 10.1. The lowest BCUT2D eigenvalue weighted by Crippen LogP contribution is -2.28. The number of hydrogen-bond acceptors (Lipinski definition) is 2. The number of benzene rings is 2. The highest BCUT2D eigenvalue weighted by Gasteiger charge is 2.03. The molecule has 0 atom stereocenters. The van der Waals surface area contributed by atoms with Crippen LogP contribution in [0, 0.1) is 13.8 Å². The first-order valence-electron chi connectivity index (χ1n) is 8.63. The van der Waals surface area contributed by atoms with Crippen LogP contribution in [0.1, 0.15) is 35.6 Å². The van der Waals surface area contributed by atoms with E-state index in [1.165, 1.54) is 16.7 Å². The molecule has 1 amide bonds. The second-order valence-corrected chi connectivity index (χ2v) is 6.14. The second-order valence-electron chi connectivity index (χ2n) is 6.14. The maximum Gasteiger partial charge on any atom is 0.220 e. The average Bonchev–Trinajstić information content (AvgIpc) is 2.59. The van der Waals surface area contributed by atoms with Crippen LogP contribution in [0.4, 0.5) is 0 Å². The zero-order valence-electron chi connectivity index (χ0n) is 14.9. The van der Waals surface area contributed by atoms with Crippen molar-refractivity contribution in [2.75, 3.05) is 13.2 Å². The molecule has 0 unspecified atom stereocenters. The molecule has 3 heteroatoms. The Kier molecular flexibility index (Phi) is 6.86. The Bertz CT molecular complexity index is 662. The normalized spacial score (nSPS) is 10.5. The third-order valence-corrected chi connectivity index (χ3v) is 4.08. The van der Waals surface area contributed by atoms with Crippen LogP contribution >= 0.6 is 0 Å². The molecule has 0 saturated carbocycles. The summed E-state index contributed by atoms with van der Waals surface area (Å²) in [7, 11) is 0. The number of carbonyl (C=O) groups is 1. The van der Waals surface area contributed by atoms with E-state index in [0.29, 0.717) is 19.6 Å². The van der Waals surface area contributed by atoms with Gasteiger partial charge in [0.1, 0.15) is 12.4 Å². The van der Waals surface area contributed by atoms with Crippen LogP contribution in [0.5, 0.6) is 5.75 Å². The predicted molar refractivity (Wildman–Crippen MR) is 98.6 cm³/mol. The van der Waals surface area contributed by atoms with Gasteiger partial charge in [0.15, 0.2) is 0 Å². The summed E-state index contributed by atoms with van der Waals surface area (Å²) in [6, 6.07) is 14.6. The van der Waals surface area contributed by atoms with Gasteiger partial charge in [0.05, 0.1) is 6.54 Å². The van der Waals surface area contributed by atoms with Crippen molar-refractivity contribution in [1.29, 1.82) is 0 Å². The number of ether oxygens (including phenoxy) is 1. The van der Waals surface area contributed by atoms with Gasteiger partial charge in [-0.05, 0) is 49.4 Å². The fourth-order valence-electron chi connectivity index (χ4n) is 2.60. The molecule has 0 saturated heterocycles. The second kappa shape index (κ2) is 9.11. The largest absolute Gasteiger partial charge is 0.491 e. The molecular weight excluding hydrogens is 298 g/mol. The van der Waals surface area contributed by atoms with Gasteiger partial charge in [0.25, 0.3) is 0 Å². The van der Waals surface area contributed by atoms with E-state index in [2.05, 4.69) is 49.5 Å². The molecular formula is C21H27NO2. The van der Waals surface area contributed by atoms with Gasteiger partial charge in [-0.3, -0.25) is 4.79 Å². The lowest BCUT2D eigenvalue weighted by molar-refractivity contribution is -0.121. The molecule has 2 rings (SSSR count). The van der Waals surface area contributed by atoms with Gasteiger partial charge in [-0.25, -0.2) is 0 Å². The van der Waals surface area contributed by atoms with E-state index >= 15 is 0 Å². The van der Waals surface area contributed by atoms with E-state index in [1.54, 1.807) is 0 Å². The minimum Gasteiger partial charge on any atom is -0.491 e. The number of carbonyl (C=O) groups excluding carboxylic acids is 1. The highest BCUT2D eigenvalue weighted by molar-refractivity contribution is 5.76. The molecule has 0 aliphatic rings. The molecule has 0 fully saturated rings. The van der Waals surface area contributed by atoms with Crippen molar-refractivity contribution >= 4 is 5.91 Å². The van der Waals surface area contributed by atoms with Gasteiger partial charge in [-0.1, -0.05) is 48.9 Å². The molecule has 2 aromatic carbocycles. The number of nitrogens with one attached hydrogen (secondary N) is 1. The van der Waals surface area contributed by atoms with Crippen LogP contribution in [0.2, 0.25) is 0 Å². The van der Waals surface area contributed by atoms with Crippen LogP contribution in [-0.4, -0.2) is 19.1 Å². The molecule has 0 radical (unpaired) electrons. The monoisotopic (exact) mass is 325 g/mol. The van der Waals surface area contributed by atoms with Gasteiger partial charge in [-0.2, -0.15) is 0 Å². The maximum absolute atomic E-state index is 11.9. The first-order chi connectivity index (χ1) is 11.6. The molecule has 0 aromatic heterocycles. The fraction of sp³-hybridized carbons (Fsp3) is 0.381. The van der Waals surface area contributed by atoms with Gasteiger partial charge >= 0.3 is 0 Å². The van der Waals surface area contributed by atoms with Crippen LogP contribution < -0.4 is 10.1 Å². The van der Waals surface area contributed by atoms with Crippen LogP contribution in [-0.2, 0) is 17.6 Å². The van der Waals surface area contributed by atoms with Crippen molar-refractivity contribution in [3.63, 3.8) is 0 Å². The minimum absolute atomic E-state index is 0.0683. The van der Waals surface area contributed by atoms with Gasteiger partial charge in [0, 0.05) is 6.42 Å². The Hall–Kier alpha value is -2.29. The quantitative estimate of drug-likeness (QED) is 0.745. The standard InChI is InChI=1S/C21H27NO2/c1-4-18-6-8-19(9-7-18)10-12-21(23)22-13-14-24-20-11-5-16(2)15-17(20)3/h5-9,11,15H,4,10,12-14H2,1-3H3,(H,22,23). The zero-order valence-corrected chi connectivity index (χ0v) is 14.9. The van der Waals surface area contributed by atoms with Gasteiger partial charge < -0.3 is 10.1 Å². The SMILES string of the molecule is CCc1ccc(CCC(=O)NCCOc2ccc(C)cc2C)cc1. The van der Waals surface area contributed by atoms with Crippen LogP contribution in [0.3, 0.4) is 0 Å². The van der Waals surface area contributed by atoms with Crippen LogP contribution in [0.25, 0.3) is 0 Å². The first-order valence-corrected chi connectivity index (χ1v) is 8.63. The number of hydrogen-bond donors (Lipinski definition) is 1. The van der Waals surface area contributed by atoms with Crippen LogP contribution in [0.15, 0.2) is 42.5 Å². The number of rotatable bonds is 8. The zero-order chi connectivity index (χ0) is 17.4. The Labute approximate surface area is 145 Å². The molecule has 0 bridgehead atoms. The molecule has 1 N–H and O–H groups in total. The van der Waals surface area contributed by atoms with E-state index in [1.807, 2.05) is 19.1 Å². The first kappa shape index (κ1) is 18.1. The molecule has 0 aliphatic carbocycles. The smallest absolute Gasteiger partial charge is 0.220 e. The van der Waals surface area contributed by atoms with Crippen molar-refractivity contribution in [3.8, 4) is 5.75 Å². The fourth-order valence-corrected chi connectivity index (χ4v) is 2.60. The molecule has 2 aromatic rings. The summed E-state index contributed by atoms with van der Waals surface area (Å²) in [5.41, 5.74) is 4.87. The predicted octanol–water partition coefficient (Wildman–Crippen LogP) is 3.99. The van der Waals surface area contributed by atoms with E-state index in [0.717, 1.165) is 24.2 Å². The van der Waals surface area contributed by atoms with Crippen molar-refractivity contribution < 1.29 is 9.53 Å². The highest BCUT2D eigenvalue weighted by atomic mass is 16.5. The molecule has 0 aliphatic heterocycles. The summed E-state index contributed by atoms with van der Waals surface area (Å²) in [5, 5.41) is 2.91. The molecule has 128 valence electrons. The molecule has 24 heavy (non-hydrogen) atoms. The van der Waals surface area contributed by atoms with E-state index < -0.39 is 0 Å². The highest BCUT2D eigenvalue weighted by Crippen LogP contribution is 2.18. The number of amides is 1. The topological polar surface area (TPSA) is 38.3 Å². The van der Waals surface area contributed by atoms with E-state index in [-0.39, 0.29) is 5.91 Å². The third-order valence-electron chi connectivity index (χ3n) is 4.08. The Balaban J connectivity index is 1.65. The van der Waals surface area contributed by atoms with Crippen molar-refractivity contribution in [2.24, 2.45) is 0 Å². The summed E-state index contributed by atoms with van der Waals surface area (Å²) in [6.45, 7) is 7.25. The third kappa shape index (κ3) is 5.73. The summed E-state index contributed by atoms with van der Waals surface area (Å²) in [4.78, 5) is 11.9. The summed E-state index contributed by atoms with van der Waals surface area (Å²) >= 11 is 0. The van der Waals surface area contributed by atoms with Crippen molar-refractivity contribution in [1.82, 2.24) is 5.32 Å². The molecule has 0 spiro atoms. The van der Waals surface area contributed by atoms with E-state index in [4.69, 9.17) is 4.74 Å². The van der Waals surface area contributed by atoms with Crippen molar-refractivity contribution in [3.05, 3.63) is 64.7 Å². The Morgan fingerprint density at radius 3 is 2.42 bits per heavy atom.